The van der Waals surface area contributed by atoms with Gasteiger partial charge >= 0.3 is 12.1 Å². The van der Waals surface area contributed by atoms with Crippen LogP contribution in [0, 0.1) is 0 Å². The van der Waals surface area contributed by atoms with Gasteiger partial charge in [-0.25, -0.2) is 4.79 Å². The molecule has 0 aliphatic carbocycles. The van der Waals surface area contributed by atoms with Crippen LogP contribution in [0.15, 0.2) is 66.9 Å². The van der Waals surface area contributed by atoms with E-state index in [1.807, 2.05) is 12.3 Å². The highest BCUT2D eigenvalue weighted by atomic mass is 16.6. The monoisotopic (exact) mass is 464 g/mol. The van der Waals surface area contributed by atoms with Crippen molar-refractivity contribution < 1.29 is 28.9 Å². The number of carboxylic acid groups (broad SMARTS) is 1. The lowest BCUT2D eigenvalue weighted by atomic mass is 10.2. The van der Waals surface area contributed by atoms with Crippen molar-refractivity contribution in [3.8, 4) is 17.2 Å². The van der Waals surface area contributed by atoms with Gasteiger partial charge in [-0.2, -0.15) is 0 Å². The fourth-order valence-electron chi connectivity index (χ4n) is 3.15. The number of aliphatic carboxylic acids is 1. The van der Waals surface area contributed by atoms with Gasteiger partial charge in [0.05, 0.1) is 13.7 Å². The Morgan fingerprint density at radius 3 is 2.15 bits per heavy atom. The van der Waals surface area contributed by atoms with Crippen LogP contribution < -0.4 is 14.2 Å². The molecule has 0 bridgehead atoms. The minimum absolute atomic E-state index is 0.0786. The zero-order chi connectivity index (χ0) is 24.3. The normalized spacial score (nSPS) is 10.4. The van der Waals surface area contributed by atoms with Crippen LogP contribution in [0.25, 0.3) is 0 Å². The Morgan fingerprint density at radius 2 is 1.56 bits per heavy atom. The minimum atomic E-state index is -1.13. The number of rotatable bonds is 11. The summed E-state index contributed by atoms with van der Waals surface area (Å²) in [7, 11) is 1.54. The zero-order valence-electron chi connectivity index (χ0n) is 19.3. The first-order valence-corrected chi connectivity index (χ1v) is 10.9. The number of ether oxygens (including phenoxy) is 3. The summed E-state index contributed by atoms with van der Waals surface area (Å²) in [5.41, 5.74) is 2.91. The van der Waals surface area contributed by atoms with E-state index >= 15 is 0 Å². The molecule has 0 fully saturated rings. The number of aromatic nitrogens is 1. The molecular weight excluding hydrogens is 436 g/mol. The predicted molar refractivity (Wildman–Crippen MR) is 126 cm³/mol. The van der Waals surface area contributed by atoms with Gasteiger partial charge in [0.25, 0.3) is 0 Å². The van der Waals surface area contributed by atoms with Crippen molar-refractivity contribution in [3.63, 3.8) is 0 Å². The van der Waals surface area contributed by atoms with Crippen molar-refractivity contribution in [1.82, 2.24) is 9.88 Å². The van der Waals surface area contributed by atoms with Gasteiger partial charge in [0, 0.05) is 24.9 Å². The van der Waals surface area contributed by atoms with Crippen LogP contribution in [0.1, 0.15) is 23.7 Å². The lowest BCUT2D eigenvalue weighted by Crippen LogP contribution is -2.37. The zero-order valence-corrected chi connectivity index (χ0v) is 19.3. The van der Waals surface area contributed by atoms with E-state index in [0.29, 0.717) is 30.3 Å². The molecular formula is C26H28N2O6. The lowest BCUT2D eigenvalue weighted by molar-refractivity contribution is -0.138. The van der Waals surface area contributed by atoms with E-state index in [4.69, 9.17) is 14.2 Å². The fourth-order valence-corrected chi connectivity index (χ4v) is 3.15. The van der Waals surface area contributed by atoms with E-state index in [9.17, 15) is 14.7 Å². The number of aryl methyl sites for hydroxylation is 1. The molecule has 178 valence electrons. The standard InChI is InChI=1S/C26H28N2O6/c1-3-19-4-7-21(27-16-19)14-15-33-23-8-5-20(6-9-23)17-28(18-25(29)30)26(31)34-24-12-10-22(32-2)11-13-24/h4-13,16H,3,14-15,17-18H2,1-2H3,(H,29,30). The molecule has 1 amide bonds. The Bertz CT molecular complexity index is 1070. The Kier molecular flexibility index (Phi) is 8.85. The van der Waals surface area contributed by atoms with Gasteiger partial charge in [0.1, 0.15) is 23.8 Å². The van der Waals surface area contributed by atoms with Crippen LogP contribution in [0.5, 0.6) is 17.2 Å². The smallest absolute Gasteiger partial charge is 0.416 e. The average molecular weight is 465 g/mol. The van der Waals surface area contributed by atoms with Crippen LogP contribution in [0.3, 0.4) is 0 Å². The van der Waals surface area contributed by atoms with E-state index in [0.717, 1.165) is 22.6 Å². The molecule has 0 unspecified atom stereocenters. The van der Waals surface area contributed by atoms with Gasteiger partial charge in [-0.1, -0.05) is 25.1 Å². The topological polar surface area (TPSA) is 98.2 Å². The fraction of sp³-hybridized carbons (Fsp3) is 0.269. The molecule has 34 heavy (non-hydrogen) atoms. The quantitative estimate of drug-likeness (QED) is 0.450. The molecule has 0 aliphatic rings. The van der Waals surface area contributed by atoms with E-state index in [2.05, 4.69) is 18.0 Å². The highest BCUT2D eigenvalue weighted by molar-refractivity contribution is 5.78. The first-order chi connectivity index (χ1) is 16.5. The Morgan fingerprint density at radius 1 is 0.912 bits per heavy atom. The highest BCUT2D eigenvalue weighted by Gasteiger charge is 2.19. The van der Waals surface area contributed by atoms with Gasteiger partial charge in [-0.15, -0.1) is 0 Å². The van der Waals surface area contributed by atoms with Gasteiger partial charge in [-0.05, 0) is 60.0 Å². The van der Waals surface area contributed by atoms with Crippen LogP contribution in [-0.4, -0.2) is 47.3 Å². The molecule has 1 heterocycles. The number of pyridine rings is 1. The number of carbonyl (C=O) groups is 2. The largest absolute Gasteiger partial charge is 0.497 e. The molecule has 1 aromatic heterocycles. The number of hydrogen-bond acceptors (Lipinski definition) is 6. The van der Waals surface area contributed by atoms with Crippen molar-refractivity contribution in [2.24, 2.45) is 0 Å². The third-order valence-corrected chi connectivity index (χ3v) is 5.07. The Hall–Kier alpha value is -4.07. The number of amides is 1. The summed E-state index contributed by atoms with van der Waals surface area (Å²) in [5.74, 6) is 0.464. The van der Waals surface area contributed by atoms with Crippen molar-refractivity contribution in [3.05, 3.63) is 83.7 Å². The van der Waals surface area contributed by atoms with Crippen molar-refractivity contribution >= 4 is 12.1 Å². The molecule has 8 heteroatoms. The van der Waals surface area contributed by atoms with Gasteiger partial charge in [0.2, 0.25) is 0 Å². The van der Waals surface area contributed by atoms with E-state index in [1.54, 1.807) is 48.5 Å². The summed E-state index contributed by atoms with van der Waals surface area (Å²) < 4.78 is 16.2. The molecule has 0 spiro atoms. The van der Waals surface area contributed by atoms with Crippen LogP contribution in [0.4, 0.5) is 4.79 Å². The molecule has 1 N–H and O–H groups in total. The second-order valence-corrected chi connectivity index (χ2v) is 7.55. The maximum absolute atomic E-state index is 12.6. The Balaban J connectivity index is 1.54. The summed E-state index contributed by atoms with van der Waals surface area (Å²) >= 11 is 0. The van der Waals surface area contributed by atoms with Crippen molar-refractivity contribution in [2.45, 2.75) is 26.3 Å². The van der Waals surface area contributed by atoms with Gasteiger partial charge in [0.15, 0.2) is 0 Å². The second-order valence-electron chi connectivity index (χ2n) is 7.55. The molecule has 0 saturated heterocycles. The Labute approximate surface area is 198 Å². The summed E-state index contributed by atoms with van der Waals surface area (Å²) in [6.07, 6.45) is 2.77. The molecule has 0 aliphatic heterocycles. The number of carboxylic acids is 1. The number of benzene rings is 2. The van der Waals surface area contributed by atoms with E-state index in [1.165, 1.54) is 12.7 Å². The minimum Gasteiger partial charge on any atom is -0.497 e. The van der Waals surface area contributed by atoms with Crippen LogP contribution >= 0.6 is 0 Å². The first-order valence-electron chi connectivity index (χ1n) is 10.9. The van der Waals surface area contributed by atoms with E-state index in [-0.39, 0.29) is 6.54 Å². The number of hydrogen-bond donors (Lipinski definition) is 1. The molecule has 8 nitrogen and oxygen atoms in total. The molecule has 0 saturated carbocycles. The van der Waals surface area contributed by atoms with Crippen molar-refractivity contribution in [2.75, 3.05) is 20.3 Å². The van der Waals surface area contributed by atoms with E-state index < -0.39 is 18.6 Å². The molecule has 0 atom stereocenters. The number of carbonyl (C=O) groups excluding carboxylic acids is 1. The molecule has 3 rings (SSSR count). The number of methoxy groups -OCH3 is 1. The second kappa shape index (κ2) is 12.2. The summed E-state index contributed by atoms with van der Waals surface area (Å²) in [6.45, 7) is 2.16. The first kappa shape index (κ1) is 24.6. The lowest BCUT2D eigenvalue weighted by Gasteiger charge is -2.20. The van der Waals surface area contributed by atoms with Gasteiger partial charge < -0.3 is 19.3 Å². The van der Waals surface area contributed by atoms with Crippen molar-refractivity contribution in [1.29, 1.82) is 0 Å². The maximum atomic E-state index is 12.6. The maximum Gasteiger partial charge on any atom is 0.416 e. The molecule has 0 radical (unpaired) electrons. The molecule has 3 aromatic rings. The third-order valence-electron chi connectivity index (χ3n) is 5.07. The molecule has 2 aromatic carbocycles. The number of nitrogens with zero attached hydrogens (tertiary/aromatic N) is 2. The SMILES string of the molecule is CCc1ccc(CCOc2ccc(CN(CC(=O)O)C(=O)Oc3ccc(OC)cc3)cc2)nc1. The predicted octanol–water partition coefficient (Wildman–Crippen LogP) is 4.36. The third kappa shape index (κ3) is 7.51. The van der Waals surface area contributed by atoms with Crippen LogP contribution in [0.2, 0.25) is 0 Å². The highest BCUT2D eigenvalue weighted by Crippen LogP contribution is 2.19. The summed E-state index contributed by atoms with van der Waals surface area (Å²) in [6, 6.07) is 17.7. The average Bonchev–Trinajstić information content (AvgIpc) is 2.85. The van der Waals surface area contributed by atoms with Crippen LogP contribution in [-0.2, 0) is 24.2 Å². The summed E-state index contributed by atoms with van der Waals surface area (Å²) in [5, 5.41) is 9.22. The van der Waals surface area contributed by atoms with Gasteiger partial charge in [-0.3, -0.25) is 14.7 Å². The summed E-state index contributed by atoms with van der Waals surface area (Å²) in [4.78, 5) is 29.4.